The highest BCUT2D eigenvalue weighted by atomic mass is 79.9. The summed E-state index contributed by atoms with van der Waals surface area (Å²) in [5.74, 6) is 0.504. The summed E-state index contributed by atoms with van der Waals surface area (Å²) < 4.78 is 11.9. The molecule has 0 heterocycles. The van der Waals surface area contributed by atoms with Gasteiger partial charge < -0.3 is 20.0 Å². The first-order valence-corrected chi connectivity index (χ1v) is 9.99. The fourth-order valence-corrected chi connectivity index (χ4v) is 2.99. The molecule has 0 atom stereocenters. The third kappa shape index (κ3) is 5.75. The third-order valence-corrected chi connectivity index (χ3v) is 4.81. The van der Waals surface area contributed by atoms with Crippen molar-refractivity contribution in [2.24, 2.45) is 10.9 Å². The van der Waals surface area contributed by atoms with Crippen LogP contribution in [-0.4, -0.2) is 18.9 Å². The number of hydrogen-bond donors (Lipinski definition) is 1. The molecular formula is C22H18BrClN2O4. The number of carbonyl (C=O) groups is 1. The maximum Gasteiger partial charge on any atom is 0.365 e. The highest BCUT2D eigenvalue weighted by Gasteiger charge is 2.12. The van der Waals surface area contributed by atoms with Crippen LogP contribution in [0.3, 0.4) is 0 Å². The van der Waals surface area contributed by atoms with Crippen molar-refractivity contribution in [1.82, 2.24) is 0 Å². The van der Waals surface area contributed by atoms with Gasteiger partial charge in [0.15, 0.2) is 5.84 Å². The molecule has 2 N–H and O–H groups in total. The van der Waals surface area contributed by atoms with Crippen LogP contribution in [0.5, 0.6) is 11.5 Å². The molecule has 0 saturated carbocycles. The van der Waals surface area contributed by atoms with Gasteiger partial charge >= 0.3 is 5.97 Å². The van der Waals surface area contributed by atoms with Crippen LogP contribution in [0.2, 0.25) is 5.02 Å². The quantitative estimate of drug-likeness (QED) is 0.214. The van der Waals surface area contributed by atoms with Crippen molar-refractivity contribution in [2.75, 3.05) is 7.11 Å². The van der Waals surface area contributed by atoms with E-state index in [0.717, 1.165) is 15.8 Å². The molecule has 0 aliphatic carbocycles. The number of hydrogen-bond acceptors (Lipinski definition) is 5. The van der Waals surface area contributed by atoms with E-state index in [9.17, 15) is 4.79 Å². The highest BCUT2D eigenvalue weighted by molar-refractivity contribution is 9.10. The molecule has 0 spiro atoms. The van der Waals surface area contributed by atoms with Crippen molar-refractivity contribution >= 4 is 39.3 Å². The second-order valence-corrected chi connectivity index (χ2v) is 7.49. The molecular weight excluding hydrogens is 472 g/mol. The number of ether oxygens (including phenoxy) is 2. The first kappa shape index (κ1) is 21.7. The second kappa shape index (κ2) is 10.1. The van der Waals surface area contributed by atoms with Crippen molar-refractivity contribution in [3.8, 4) is 11.5 Å². The molecule has 0 unspecified atom stereocenters. The van der Waals surface area contributed by atoms with E-state index < -0.39 is 5.97 Å². The van der Waals surface area contributed by atoms with Crippen LogP contribution in [0.4, 0.5) is 0 Å². The Labute approximate surface area is 187 Å². The van der Waals surface area contributed by atoms with Gasteiger partial charge in [-0.3, -0.25) is 0 Å². The predicted molar refractivity (Wildman–Crippen MR) is 119 cm³/mol. The van der Waals surface area contributed by atoms with Gasteiger partial charge in [-0.15, -0.1) is 0 Å². The monoisotopic (exact) mass is 488 g/mol. The van der Waals surface area contributed by atoms with Gasteiger partial charge in [0, 0.05) is 9.50 Å². The summed E-state index contributed by atoms with van der Waals surface area (Å²) in [5.41, 5.74) is 7.48. The van der Waals surface area contributed by atoms with Crippen molar-refractivity contribution in [3.05, 3.63) is 92.9 Å². The van der Waals surface area contributed by atoms with E-state index in [2.05, 4.69) is 21.1 Å². The number of nitrogens with zero attached hydrogens (tertiary/aromatic N) is 1. The molecule has 0 aliphatic rings. The van der Waals surface area contributed by atoms with Gasteiger partial charge in [-0.1, -0.05) is 44.8 Å². The third-order valence-electron chi connectivity index (χ3n) is 4.05. The maximum absolute atomic E-state index is 12.4. The zero-order valence-electron chi connectivity index (χ0n) is 16.0. The number of halogens is 2. The van der Waals surface area contributed by atoms with E-state index in [4.69, 9.17) is 31.6 Å². The number of amidine groups is 1. The van der Waals surface area contributed by atoms with Crippen LogP contribution in [-0.2, 0) is 11.4 Å². The van der Waals surface area contributed by atoms with Gasteiger partial charge in [0.05, 0.1) is 18.2 Å². The van der Waals surface area contributed by atoms with Crippen molar-refractivity contribution in [1.29, 1.82) is 0 Å². The Hall–Kier alpha value is -3.03. The number of oxime groups is 1. The standard InChI is InChI=1S/C22H18BrClN2O4/c1-28-20-10-7-17(24)12-19(20)21(25)26-30-22(27)15-4-2-3-14(11-15)13-29-18-8-5-16(23)6-9-18/h2-12H,13H2,1H3,(H2,25,26). The minimum Gasteiger partial charge on any atom is -0.496 e. The van der Waals surface area contributed by atoms with Gasteiger partial charge in [0.25, 0.3) is 0 Å². The molecule has 6 nitrogen and oxygen atoms in total. The Morgan fingerprint density at radius 2 is 1.87 bits per heavy atom. The van der Waals surface area contributed by atoms with E-state index >= 15 is 0 Å². The summed E-state index contributed by atoms with van der Waals surface area (Å²) >= 11 is 9.37. The topological polar surface area (TPSA) is 83.1 Å². The summed E-state index contributed by atoms with van der Waals surface area (Å²) in [6.45, 7) is 0.299. The number of nitrogens with two attached hydrogens (primary N) is 1. The molecule has 0 aromatic heterocycles. The van der Waals surface area contributed by atoms with Crippen LogP contribution in [0.25, 0.3) is 0 Å². The molecule has 0 saturated heterocycles. The van der Waals surface area contributed by atoms with Crippen LogP contribution in [0, 0.1) is 0 Å². The summed E-state index contributed by atoms with van der Waals surface area (Å²) in [6, 6.07) is 19.3. The highest BCUT2D eigenvalue weighted by Crippen LogP contribution is 2.22. The molecule has 0 fully saturated rings. The first-order chi connectivity index (χ1) is 14.5. The lowest BCUT2D eigenvalue weighted by Gasteiger charge is -2.08. The lowest BCUT2D eigenvalue weighted by atomic mass is 10.1. The number of rotatable bonds is 7. The van der Waals surface area contributed by atoms with E-state index in [1.807, 2.05) is 30.3 Å². The molecule has 3 aromatic rings. The van der Waals surface area contributed by atoms with Gasteiger partial charge in [-0.05, 0) is 60.2 Å². The zero-order chi connectivity index (χ0) is 21.5. The minimum absolute atomic E-state index is 0.0302. The molecule has 3 rings (SSSR count). The fourth-order valence-electron chi connectivity index (χ4n) is 2.56. The molecule has 8 heteroatoms. The molecule has 0 amide bonds. The molecule has 3 aromatic carbocycles. The normalized spacial score (nSPS) is 11.1. The zero-order valence-corrected chi connectivity index (χ0v) is 18.3. The number of methoxy groups -OCH3 is 1. The van der Waals surface area contributed by atoms with E-state index in [1.165, 1.54) is 7.11 Å². The largest absolute Gasteiger partial charge is 0.496 e. The average molecular weight is 490 g/mol. The molecule has 0 aliphatic heterocycles. The van der Waals surface area contributed by atoms with Crippen molar-refractivity contribution in [3.63, 3.8) is 0 Å². The van der Waals surface area contributed by atoms with Gasteiger partial charge in [0.2, 0.25) is 0 Å². The van der Waals surface area contributed by atoms with Crippen LogP contribution < -0.4 is 15.2 Å². The van der Waals surface area contributed by atoms with Crippen LogP contribution in [0.15, 0.2) is 76.4 Å². The van der Waals surface area contributed by atoms with Gasteiger partial charge in [0.1, 0.15) is 18.1 Å². The molecule has 30 heavy (non-hydrogen) atoms. The Kier molecular flexibility index (Phi) is 7.32. The van der Waals surface area contributed by atoms with Gasteiger partial charge in [-0.2, -0.15) is 0 Å². The smallest absolute Gasteiger partial charge is 0.365 e. The minimum atomic E-state index is -0.649. The fraction of sp³-hybridized carbons (Fsp3) is 0.0909. The van der Waals surface area contributed by atoms with E-state index in [-0.39, 0.29) is 5.84 Å². The molecule has 154 valence electrons. The lowest BCUT2D eigenvalue weighted by Crippen LogP contribution is -2.16. The SMILES string of the molecule is COc1ccc(Cl)cc1/C(N)=N/OC(=O)c1cccc(COc2ccc(Br)cc2)c1. The Morgan fingerprint density at radius 3 is 2.60 bits per heavy atom. The van der Waals surface area contributed by atoms with Crippen molar-refractivity contribution < 1.29 is 19.1 Å². The number of benzene rings is 3. The second-order valence-electron chi connectivity index (χ2n) is 6.14. The molecule has 0 radical (unpaired) electrons. The van der Waals surface area contributed by atoms with E-state index in [0.29, 0.717) is 28.5 Å². The predicted octanol–water partition coefficient (Wildman–Crippen LogP) is 5.17. The average Bonchev–Trinajstić information content (AvgIpc) is 2.77. The Bertz CT molecular complexity index is 1070. The van der Waals surface area contributed by atoms with E-state index in [1.54, 1.807) is 36.4 Å². The van der Waals surface area contributed by atoms with Crippen LogP contribution >= 0.6 is 27.5 Å². The summed E-state index contributed by atoms with van der Waals surface area (Å²) in [6.07, 6.45) is 0. The van der Waals surface area contributed by atoms with Gasteiger partial charge in [-0.25, -0.2) is 4.79 Å². The first-order valence-electron chi connectivity index (χ1n) is 8.82. The summed E-state index contributed by atoms with van der Waals surface area (Å²) in [4.78, 5) is 17.4. The summed E-state index contributed by atoms with van der Waals surface area (Å²) in [7, 11) is 1.49. The number of carbonyl (C=O) groups excluding carboxylic acids is 1. The summed E-state index contributed by atoms with van der Waals surface area (Å²) in [5, 5.41) is 4.18. The Balaban J connectivity index is 1.67. The van der Waals surface area contributed by atoms with Crippen LogP contribution in [0.1, 0.15) is 21.5 Å². The van der Waals surface area contributed by atoms with Crippen molar-refractivity contribution in [2.45, 2.75) is 6.61 Å². The lowest BCUT2D eigenvalue weighted by molar-refractivity contribution is 0.0515. The Morgan fingerprint density at radius 1 is 1.10 bits per heavy atom. The molecule has 0 bridgehead atoms. The maximum atomic E-state index is 12.4.